The minimum atomic E-state index is 0. The first-order chi connectivity index (χ1) is 0. The molecule has 0 amide bonds. The summed E-state index contributed by atoms with van der Waals surface area (Å²) in [6, 6.07) is 0. The molecule has 0 bridgehead atoms. The summed E-state index contributed by atoms with van der Waals surface area (Å²) in [4.78, 5) is 0. The van der Waals surface area contributed by atoms with E-state index in [1.165, 1.54) is 0 Å². The van der Waals surface area contributed by atoms with Crippen molar-refractivity contribution in [3.05, 3.63) is 0 Å². The van der Waals surface area contributed by atoms with E-state index in [4.69, 9.17) is 0 Å². The summed E-state index contributed by atoms with van der Waals surface area (Å²) in [6.45, 7) is 0. The number of hydrogen-bond acceptors (Lipinski definition) is 0. The molecule has 4 heavy (non-hydrogen) atoms. The second-order valence-electron chi connectivity index (χ2n) is 0. The van der Waals surface area contributed by atoms with E-state index in [9.17, 15) is 0 Å². The maximum atomic E-state index is 0. The molecule has 0 saturated carbocycles. The van der Waals surface area contributed by atoms with Crippen molar-refractivity contribution in [2.24, 2.45) is 0 Å². The minimum Gasteiger partial charge on any atom is 0 e. The minimum absolute atomic E-state index is 0. The van der Waals surface area contributed by atoms with Crippen molar-refractivity contribution in [2.75, 3.05) is 0 Å². The Labute approximate surface area is 89.2 Å². The SMILES string of the molecule is Cl.[NaH].[NaH].[Zn]. The molecular weight excluding hydrogens is 147 g/mol. The summed E-state index contributed by atoms with van der Waals surface area (Å²) < 4.78 is 0. The van der Waals surface area contributed by atoms with Gasteiger partial charge in [0.1, 0.15) is 0 Å². The Morgan fingerprint density at radius 1 is 0.750 bits per heavy atom. The average molecular weight is 150 g/mol. The molecule has 0 aromatic carbocycles. The van der Waals surface area contributed by atoms with Crippen LogP contribution >= 0.6 is 12.4 Å². The molecule has 0 spiro atoms. The van der Waals surface area contributed by atoms with Crippen molar-refractivity contribution in [3.8, 4) is 0 Å². The standard InChI is InChI=1S/ClH.2Na.Zn.2H/h1H;;;;;. The van der Waals surface area contributed by atoms with Gasteiger partial charge in [-0.15, -0.1) is 12.4 Å². The number of halogens is 1. The van der Waals surface area contributed by atoms with Crippen LogP contribution < -0.4 is 0 Å². The van der Waals surface area contributed by atoms with Gasteiger partial charge in [-0.05, 0) is 0 Å². The van der Waals surface area contributed by atoms with Gasteiger partial charge in [0.25, 0.3) is 0 Å². The first-order valence-electron chi connectivity index (χ1n) is 0. The molecule has 0 aliphatic rings. The van der Waals surface area contributed by atoms with Gasteiger partial charge in [0.05, 0.1) is 0 Å². The summed E-state index contributed by atoms with van der Waals surface area (Å²) >= 11 is 0. The van der Waals surface area contributed by atoms with Crippen molar-refractivity contribution in [1.82, 2.24) is 0 Å². The molecule has 0 nitrogen and oxygen atoms in total. The van der Waals surface area contributed by atoms with Crippen LogP contribution in [0.1, 0.15) is 0 Å². The fourth-order valence-electron chi connectivity index (χ4n) is 0. The summed E-state index contributed by atoms with van der Waals surface area (Å²) in [6.07, 6.45) is 0. The molecule has 0 aliphatic carbocycles. The van der Waals surface area contributed by atoms with Gasteiger partial charge in [0, 0.05) is 19.5 Å². The third-order valence-electron chi connectivity index (χ3n) is 0. The third kappa shape index (κ3) is 8.87. The molecule has 0 aromatic rings. The van der Waals surface area contributed by atoms with Crippen LogP contribution in [0, 0.1) is 0 Å². The quantitative estimate of drug-likeness (QED) is 0.393. The number of rotatable bonds is 0. The van der Waals surface area contributed by atoms with Crippen LogP contribution in [-0.4, -0.2) is 59.1 Å². The van der Waals surface area contributed by atoms with Crippen LogP contribution in [-0.2, 0) is 19.5 Å². The molecule has 0 aliphatic heterocycles. The van der Waals surface area contributed by atoms with Gasteiger partial charge in [0.2, 0.25) is 0 Å². The fraction of sp³-hybridized carbons (Fsp3) is 0. The maximum Gasteiger partial charge on any atom is 0 e. The summed E-state index contributed by atoms with van der Waals surface area (Å²) in [7, 11) is 0. The molecule has 0 aromatic heterocycles. The Morgan fingerprint density at radius 2 is 0.750 bits per heavy atom. The van der Waals surface area contributed by atoms with Crippen LogP contribution in [0.3, 0.4) is 0 Å². The van der Waals surface area contributed by atoms with Crippen molar-refractivity contribution >= 4 is 71.5 Å². The van der Waals surface area contributed by atoms with E-state index in [1.807, 2.05) is 0 Å². The molecule has 0 heterocycles. The van der Waals surface area contributed by atoms with Gasteiger partial charge >= 0.3 is 59.1 Å². The van der Waals surface area contributed by atoms with Crippen LogP contribution in [0.2, 0.25) is 0 Å². The molecule has 0 radical (unpaired) electrons. The van der Waals surface area contributed by atoms with Gasteiger partial charge in [-0.3, -0.25) is 0 Å². The Balaban J connectivity index is 0. The van der Waals surface area contributed by atoms with Crippen LogP contribution in [0.5, 0.6) is 0 Å². The summed E-state index contributed by atoms with van der Waals surface area (Å²) in [5, 5.41) is 0. The van der Waals surface area contributed by atoms with Crippen LogP contribution in [0.25, 0.3) is 0 Å². The average Bonchev–Trinajstić information content (AvgIpc) is 0. The molecule has 4 heteroatoms. The molecular formula is H3ClNa2Zn. The zero-order valence-corrected chi connectivity index (χ0v) is 4.90. The van der Waals surface area contributed by atoms with Gasteiger partial charge in [-0.25, -0.2) is 0 Å². The second-order valence-corrected chi connectivity index (χ2v) is 0. The largest absolute Gasteiger partial charge is 0 e. The van der Waals surface area contributed by atoms with E-state index in [0.717, 1.165) is 0 Å². The van der Waals surface area contributed by atoms with Gasteiger partial charge < -0.3 is 0 Å². The van der Waals surface area contributed by atoms with Crippen LogP contribution in [0.15, 0.2) is 0 Å². The fourth-order valence-corrected chi connectivity index (χ4v) is 0. The van der Waals surface area contributed by atoms with E-state index in [2.05, 4.69) is 0 Å². The van der Waals surface area contributed by atoms with E-state index in [-0.39, 0.29) is 91.0 Å². The Bertz CT molecular complexity index is 6.00. The Morgan fingerprint density at radius 3 is 0.750 bits per heavy atom. The third-order valence-corrected chi connectivity index (χ3v) is 0. The van der Waals surface area contributed by atoms with Gasteiger partial charge in [0.15, 0.2) is 0 Å². The molecule has 0 N–H and O–H groups in total. The molecule has 0 atom stereocenters. The van der Waals surface area contributed by atoms with E-state index in [0.29, 0.717) is 0 Å². The zero-order chi connectivity index (χ0) is 0. The monoisotopic (exact) mass is 148 g/mol. The predicted molar refractivity (Wildman–Crippen MR) is 21.5 cm³/mol. The summed E-state index contributed by atoms with van der Waals surface area (Å²) in [5.74, 6) is 0. The van der Waals surface area contributed by atoms with Crippen molar-refractivity contribution in [3.63, 3.8) is 0 Å². The second kappa shape index (κ2) is 16.8. The van der Waals surface area contributed by atoms with Crippen molar-refractivity contribution in [2.45, 2.75) is 0 Å². The first-order valence-corrected chi connectivity index (χ1v) is 0. The van der Waals surface area contributed by atoms with Gasteiger partial charge in [-0.1, -0.05) is 0 Å². The molecule has 0 saturated heterocycles. The predicted octanol–water partition coefficient (Wildman–Crippen LogP) is -0.878. The zero-order valence-electron chi connectivity index (χ0n) is 1.12. The normalized spacial score (nSPS) is 0. The Kier molecular flexibility index (Phi) is 120. The molecule has 0 fully saturated rings. The Hall–Kier alpha value is 2.91. The van der Waals surface area contributed by atoms with Gasteiger partial charge in [-0.2, -0.15) is 0 Å². The van der Waals surface area contributed by atoms with Crippen LogP contribution in [0.4, 0.5) is 0 Å². The molecule has 0 unspecified atom stereocenters. The van der Waals surface area contributed by atoms with Crippen molar-refractivity contribution < 1.29 is 19.5 Å². The van der Waals surface area contributed by atoms with E-state index in [1.54, 1.807) is 0 Å². The summed E-state index contributed by atoms with van der Waals surface area (Å²) in [5.41, 5.74) is 0. The van der Waals surface area contributed by atoms with E-state index < -0.39 is 0 Å². The van der Waals surface area contributed by atoms with Crippen molar-refractivity contribution in [1.29, 1.82) is 0 Å². The number of hydrogen-bond donors (Lipinski definition) is 0. The molecule has 14 valence electrons. The first kappa shape index (κ1) is 28.5. The maximum absolute atomic E-state index is 0. The smallest absolute Gasteiger partial charge is 0 e. The van der Waals surface area contributed by atoms with E-state index >= 15 is 0 Å². The molecule has 0 rings (SSSR count). The topological polar surface area (TPSA) is 0 Å².